The summed E-state index contributed by atoms with van der Waals surface area (Å²) in [5.74, 6) is -1.33. The van der Waals surface area contributed by atoms with Crippen LogP contribution in [0.4, 0.5) is 0 Å². The molecule has 0 saturated heterocycles. The highest BCUT2D eigenvalue weighted by atomic mass is 32.2. The topological polar surface area (TPSA) is 89.9 Å². The third-order valence-corrected chi connectivity index (χ3v) is 4.05. The van der Waals surface area contributed by atoms with Crippen LogP contribution in [0.25, 0.3) is 0 Å². The van der Waals surface area contributed by atoms with Crippen molar-refractivity contribution in [2.75, 3.05) is 14.2 Å². The standard InChI is InChI=1S/C11H14O6S/c1-16-9-5-3-8(4-6-9)7-18(14,15)11(17-2)10(12)13/h3-6,11H,7H2,1-2H3,(H,12,13). The van der Waals surface area contributed by atoms with E-state index < -0.39 is 27.0 Å². The van der Waals surface area contributed by atoms with Gasteiger partial charge in [-0.3, -0.25) is 0 Å². The predicted molar refractivity (Wildman–Crippen MR) is 64.1 cm³/mol. The number of ether oxygens (including phenoxy) is 2. The number of rotatable bonds is 6. The molecule has 0 radical (unpaired) electrons. The van der Waals surface area contributed by atoms with E-state index in [9.17, 15) is 13.2 Å². The Hall–Kier alpha value is -1.60. The van der Waals surface area contributed by atoms with Gasteiger partial charge < -0.3 is 14.6 Å². The van der Waals surface area contributed by atoms with Gasteiger partial charge in [0.05, 0.1) is 12.9 Å². The first-order valence-electron chi connectivity index (χ1n) is 5.01. The van der Waals surface area contributed by atoms with Gasteiger partial charge in [-0.25, -0.2) is 13.2 Å². The van der Waals surface area contributed by atoms with Gasteiger partial charge in [-0.2, -0.15) is 0 Å². The van der Waals surface area contributed by atoms with Gasteiger partial charge in [0.1, 0.15) is 5.75 Å². The molecule has 0 amide bonds. The first-order chi connectivity index (χ1) is 8.40. The number of carboxylic acids is 1. The predicted octanol–water partition coefficient (Wildman–Crippen LogP) is 0.667. The second-order valence-electron chi connectivity index (χ2n) is 3.56. The Morgan fingerprint density at radius 3 is 2.22 bits per heavy atom. The summed E-state index contributed by atoms with van der Waals surface area (Å²) in [5.41, 5.74) is -1.38. The van der Waals surface area contributed by atoms with E-state index in [1.54, 1.807) is 24.3 Å². The van der Waals surface area contributed by atoms with Crippen LogP contribution in [0.2, 0.25) is 0 Å². The summed E-state index contributed by atoms with van der Waals surface area (Å²) in [5, 5.41) is 8.74. The van der Waals surface area contributed by atoms with E-state index in [2.05, 4.69) is 4.74 Å². The van der Waals surface area contributed by atoms with Gasteiger partial charge in [-0.15, -0.1) is 0 Å². The Morgan fingerprint density at radius 2 is 1.83 bits per heavy atom. The fourth-order valence-electron chi connectivity index (χ4n) is 1.43. The number of benzene rings is 1. The second-order valence-corrected chi connectivity index (χ2v) is 5.60. The molecule has 0 fully saturated rings. The van der Waals surface area contributed by atoms with E-state index in [0.717, 1.165) is 7.11 Å². The molecule has 1 atom stereocenters. The molecule has 1 rings (SSSR count). The molecule has 0 aliphatic heterocycles. The molecule has 1 aromatic carbocycles. The first-order valence-corrected chi connectivity index (χ1v) is 6.72. The van der Waals surface area contributed by atoms with Crippen LogP contribution in [-0.4, -0.2) is 39.1 Å². The molecule has 0 bridgehead atoms. The summed E-state index contributed by atoms with van der Waals surface area (Å²) in [7, 11) is -1.36. The summed E-state index contributed by atoms with van der Waals surface area (Å²) >= 11 is 0. The van der Waals surface area contributed by atoms with Crippen molar-refractivity contribution in [1.29, 1.82) is 0 Å². The minimum atomic E-state index is -3.91. The molecule has 7 heteroatoms. The van der Waals surface area contributed by atoms with Crippen LogP contribution in [0, 0.1) is 0 Å². The maximum absolute atomic E-state index is 11.8. The highest BCUT2D eigenvalue weighted by molar-refractivity contribution is 7.91. The SMILES string of the molecule is COc1ccc(CS(=O)(=O)C(OC)C(=O)O)cc1. The maximum atomic E-state index is 11.8. The lowest BCUT2D eigenvalue weighted by Gasteiger charge is -2.11. The molecule has 0 spiro atoms. The number of hydrogen-bond acceptors (Lipinski definition) is 5. The maximum Gasteiger partial charge on any atom is 0.348 e. The number of carboxylic acid groups (broad SMARTS) is 1. The molecule has 0 saturated carbocycles. The first kappa shape index (κ1) is 14.5. The third-order valence-electron chi connectivity index (χ3n) is 2.27. The Balaban J connectivity index is 2.90. The van der Waals surface area contributed by atoms with E-state index in [4.69, 9.17) is 9.84 Å². The van der Waals surface area contributed by atoms with E-state index >= 15 is 0 Å². The molecule has 0 heterocycles. The van der Waals surface area contributed by atoms with Crippen LogP contribution >= 0.6 is 0 Å². The fourth-order valence-corrected chi connectivity index (χ4v) is 2.84. The van der Waals surface area contributed by atoms with E-state index in [1.807, 2.05) is 0 Å². The monoisotopic (exact) mass is 274 g/mol. The summed E-state index contributed by atoms with van der Waals surface area (Å²) in [4.78, 5) is 10.7. The normalized spacial score (nSPS) is 13.0. The zero-order valence-corrected chi connectivity index (χ0v) is 10.8. The number of hydrogen-bond donors (Lipinski definition) is 1. The highest BCUT2D eigenvalue weighted by Gasteiger charge is 2.32. The van der Waals surface area contributed by atoms with Gasteiger partial charge in [0.25, 0.3) is 5.44 Å². The van der Waals surface area contributed by atoms with Crippen molar-refractivity contribution < 1.29 is 27.8 Å². The number of carbonyl (C=O) groups is 1. The van der Waals surface area contributed by atoms with E-state index in [-0.39, 0.29) is 0 Å². The van der Waals surface area contributed by atoms with E-state index in [0.29, 0.717) is 11.3 Å². The van der Waals surface area contributed by atoms with Crippen molar-refractivity contribution in [3.63, 3.8) is 0 Å². The van der Waals surface area contributed by atoms with Crippen molar-refractivity contribution in [3.05, 3.63) is 29.8 Å². The molecule has 0 aliphatic rings. The lowest BCUT2D eigenvalue weighted by molar-refractivity contribution is -0.143. The second kappa shape index (κ2) is 5.83. The highest BCUT2D eigenvalue weighted by Crippen LogP contribution is 2.16. The van der Waals surface area contributed by atoms with Crippen molar-refractivity contribution in [3.8, 4) is 5.75 Å². The summed E-state index contributed by atoms with van der Waals surface area (Å²) in [6.07, 6.45) is 0. The largest absolute Gasteiger partial charge is 0.497 e. The molecule has 18 heavy (non-hydrogen) atoms. The third kappa shape index (κ3) is 3.44. The quantitative estimate of drug-likeness (QED) is 0.820. The van der Waals surface area contributed by atoms with Gasteiger partial charge in [-0.1, -0.05) is 12.1 Å². The Bertz CT molecular complexity index is 505. The van der Waals surface area contributed by atoms with Crippen LogP contribution in [-0.2, 0) is 25.1 Å². The zero-order valence-electron chi connectivity index (χ0n) is 9.99. The van der Waals surface area contributed by atoms with Gasteiger partial charge in [0.15, 0.2) is 9.84 Å². The fraction of sp³-hybridized carbons (Fsp3) is 0.364. The Labute approximate surface area is 105 Å². The minimum Gasteiger partial charge on any atom is -0.497 e. The Kier molecular flexibility index (Phi) is 4.69. The van der Waals surface area contributed by atoms with E-state index in [1.165, 1.54) is 7.11 Å². The van der Waals surface area contributed by atoms with Crippen molar-refractivity contribution in [2.45, 2.75) is 11.2 Å². The lowest BCUT2D eigenvalue weighted by atomic mass is 10.2. The van der Waals surface area contributed by atoms with Crippen LogP contribution in [0.15, 0.2) is 24.3 Å². The minimum absolute atomic E-state index is 0.401. The number of aliphatic carboxylic acids is 1. The van der Waals surface area contributed by atoms with Gasteiger partial charge in [0.2, 0.25) is 0 Å². The van der Waals surface area contributed by atoms with Crippen molar-refractivity contribution >= 4 is 15.8 Å². The summed E-state index contributed by atoms with van der Waals surface area (Å²) < 4.78 is 33.0. The lowest BCUT2D eigenvalue weighted by Crippen LogP contribution is -2.32. The molecule has 1 unspecified atom stereocenters. The summed E-state index contributed by atoms with van der Waals surface area (Å²) in [6, 6.07) is 6.33. The van der Waals surface area contributed by atoms with Gasteiger partial charge >= 0.3 is 5.97 Å². The number of sulfone groups is 1. The van der Waals surface area contributed by atoms with Crippen molar-refractivity contribution in [2.24, 2.45) is 0 Å². The van der Waals surface area contributed by atoms with Crippen LogP contribution < -0.4 is 4.74 Å². The molecule has 1 N–H and O–H groups in total. The van der Waals surface area contributed by atoms with Crippen molar-refractivity contribution in [1.82, 2.24) is 0 Å². The average Bonchev–Trinajstić information content (AvgIpc) is 2.29. The number of methoxy groups -OCH3 is 2. The molecular weight excluding hydrogens is 260 g/mol. The average molecular weight is 274 g/mol. The molecule has 6 nitrogen and oxygen atoms in total. The summed E-state index contributed by atoms with van der Waals surface area (Å²) in [6.45, 7) is 0. The molecule has 100 valence electrons. The van der Waals surface area contributed by atoms with Crippen LogP contribution in [0.3, 0.4) is 0 Å². The smallest absolute Gasteiger partial charge is 0.348 e. The molecule has 1 aromatic rings. The Morgan fingerprint density at radius 1 is 1.28 bits per heavy atom. The molecular formula is C11H14O6S. The van der Waals surface area contributed by atoms with Crippen LogP contribution in [0.5, 0.6) is 5.75 Å². The van der Waals surface area contributed by atoms with Crippen LogP contribution in [0.1, 0.15) is 5.56 Å². The zero-order chi connectivity index (χ0) is 13.8. The molecule has 0 aromatic heterocycles. The molecule has 0 aliphatic carbocycles. The van der Waals surface area contributed by atoms with Gasteiger partial charge in [-0.05, 0) is 17.7 Å². The van der Waals surface area contributed by atoms with Gasteiger partial charge in [0, 0.05) is 7.11 Å².